The quantitative estimate of drug-likeness (QED) is 0.217. The van der Waals surface area contributed by atoms with Gasteiger partial charge in [-0.2, -0.15) is 0 Å². The Morgan fingerprint density at radius 1 is 0.769 bits per heavy atom. The molecule has 6 radical (unpaired) electrons. The maximum absolute atomic E-state index is 8.59. The van der Waals surface area contributed by atoms with Gasteiger partial charge >= 0.3 is 111 Å². The molecule has 0 heterocycles. The van der Waals surface area contributed by atoms with E-state index in [1.807, 2.05) is 0 Å². The third-order valence-corrected chi connectivity index (χ3v) is 0. The predicted molar refractivity (Wildman–Crippen MR) is 24.4 cm³/mol. The van der Waals surface area contributed by atoms with Crippen LogP contribution in [-0.4, -0.2) is 90.9 Å². The van der Waals surface area contributed by atoms with Crippen molar-refractivity contribution in [2.75, 3.05) is 0 Å². The van der Waals surface area contributed by atoms with Gasteiger partial charge in [-0.25, -0.2) is 0 Å². The zero-order valence-electron chi connectivity index (χ0n) is 5.67. The van der Waals surface area contributed by atoms with Crippen LogP contribution in [0.15, 0.2) is 0 Å². The topological polar surface area (TPSA) is 172 Å². The van der Waals surface area contributed by atoms with Crippen LogP contribution in [0, 0.1) is 0 Å². The number of hydrogen-bond acceptors (Lipinski definition) is 8. The molecule has 0 aromatic heterocycles. The average molecular weight is 830 g/mol. The van der Waals surface area contributed by atoms with Crippen LogP contribution in [-0.2, 0) is 21.2 Å². The largest absolute Gasteiger partial charge is 2.00 e. The van der Waals surface area contributed by atoms with Gasteiger partial charge in [0.05, 0.1) is 0 Å². The standard InChI is InChI=1S/Cr.O4Si.4O.3Pb/c;1-5(2,3)4;;;;;;;/q;-4;;;2*-1;3*+2. The van der Waals surface area contributed by atoms with Crippen LogP contribution in [0.25, 0.3) is 0 Å². The minimum absolute atomic E-state index is 0. The van der Waals surface area contributed by atoms with Crippen LogP contribution in [0.1, 0.15) is 0 Å². The van der Waals surface area contributed by atoms with Gasteiger partial charge in [-0.3, -0.25) is 0 Å². The molecule has 0 bridgehead atoms. The molecule has 0 aromatic rings. The molecule has 0 rings (SSSR count). The van der Waals surface area contributed by atoms with E-state index in [-0.39, 0.29) is 81.9 Å². The van der Waals surface area contributed by atoms with Crippen LogP contribution in [0.5, 0.6) is 0 Å². The smallest absolute Gasteiger partial charge is 2.00 e. The molecule has 0 aromatic carbocycles. The summed E-state index contributed by atoms with van der Waals surface area (Å²) >= 11 is -5.75. The SMILES string of the molecule is [O-][Si]([O-])([O-])[O-].[O]=[Cr](=[O])([O-])[O-].[Pb+2].[Pb+2].[Pb+2]. The summed E-state index contributed by atoms with van der Waals surface area (Å²) < 4.78 is 34.4. The monoisotopic (exact) mass is 832 g/mol. The van der Waals surface area contributed by atoms with Gasteiger partial charge in [0, 0.05) is 0 Å². The van der Waals surface area contributed by atoms with Crippen molar-refractivity contribution in [3.63, 3.8) is 0 Å². The van der Waals surface area contributed by atoms with Crippen molar-refractivity contribution in [3.05, 3.63) is 0 Å². The molecule has 0 aliphatic carbocycles. The molecular formula is CrO8Pb3Si. The first-order chi connectivity index (χ1) is 4.00. The fourth-order valence-corrected chi connectivity index (χ4v) is 0. The Hall–Kier alpha value is 2.88. The first kappa shape index (κ1) is 29.7. The summed E-state index contributed by atoms with van der Waals surface area (Å²) in [6.07, 6.45) is 0. The van der Waals surface area contributed by atoms with Gasteiger partial charge in [0.25, 0.3) is 0 Å². The Kier molecular flexibility index (Phi) is 29.6. The van der Waals surface area contributed by atoms with Gasteiger partial charge in [-0.1, -0.05) is 0 Å². The molecular weight excluding hydrogens is 830 g/mol. The Morgan fingerprint density at radius 3 is 0.769 bits per heavy atom. The van der Waals surface area contributed by atoms with E-state index in [4.69, 9.17) is 35.1 Å². The van der Waals surface area contributed by atoms with E-state index in [0.29, 0.717) is 0 Å². The molecule has 0 aliphatic rings. The summed E-state index contributed by atoms with van der Waals surface area (Å²) in [6.45, 7) is 0. The molecule has 13 heavy (non-hydrogen) atoms. The molecule has 0 saturated carbocycles. The summed E-state index contributed by atoms with van der Waals surface area (Å²) in [6, 6.07) is 0. The van der Waals surface area contributed by atoms with Gasteiger partial charge < -0.3 is 28.2 Å². The van der Waals surface area contributed by atoms with E-state index >= 15 is 0 Å². The van der Waals surface area contributed by atoms with E-state index in [0.717, 1.165) is 0 Å². The van der Waals surface area contributed by atoms with Crippen molar-refractivity contribution in [2.24, 2.45) is 0 Å². The zero-order valence-corrected chi connectivity index (χ0v) is 19.6. The maximum atomic E-state index is 8.59. The summed E-state index contributed by atoms with van der Waals surface area (Å²) in [7, 11) is -5.61. The van der Waals surface area contributed by atoms with Crippen LogP contribution < -0.4 is 27.5 Å². The molecule has 13 heteroatoms. The summed E-state index contributed by atoms with van der Waals surface area (Å²) in [5, 5.41) is 0. The molecule has 0 saturated heterocycles. The second kappa shape index (κ2) is 12.9. The first-order valence-corrected chi connectivity index (χ1v) is 5.20. The van der Waals surface area contributed by atoms with Crippen LogP contribution in [0.4, 0.5) is 0 Å². The first-order valence-electron chi connectivity index (χ1n) is 1.48. The summed E-state index contributed by atoms with van der Waals surface area (Å²) in [5.41, 5.74) is 0. The van der Waals surface area contributed by atoms with Gasteiger partial charge in [0.2, 0.25) is 0 Å². The number of rotatable bonds is 0. The molecule has 0 fully saturated rings. The van der Waals surface area contributed by atoms with E-state index in [1.54, 1.807) is 0 Å². The molecule has 0 unspecified atom stereocenters. The minimum atomic E-state index is -5.75. The summed E-state index contributed by atoms with van der Waals surface area (Å²) in [4.78, 5) is 34.3. The van der Waals surface area contributed by atoms with Crippen molar-refractivity contribution >= 4 is 90.9 Å². The van der Waals surface area contributed by atoms with Gasteiger partial charge in [0.15, 0.2) is 0 Å². The Balaban J connectivity index is -0.0000000267. The van der Waals surface area contributed by atoms with Crippen LogP contribution >= 0.6 is 0 Å². The average Bonchev–Trinajstić information content (AvgIpc) is 1.12. The third-order valence-electron chi connectivity index (χ3n) is 0. The Morgan fingerprint density at radius 2 is 0.769 bits per heavy atom. The number of hydrogen-bond donors (Lipinski definition) is 0. The summed E-state index contributed by atoms with van der Waals surface area (Å²) in [5.74, 6) is 0. The fourth-order valence-electron chi connectivity index (χ4n) is 0. The van der Waals surface area contributed by atoms with Crippen molar-refractivity contribution in [3.8, 4) is 0 Å². The second-order valence-corrected chi connectivity index (χ2v) is 3.18. The van der Waals surface area contributed by atoms with E-state index in [9.17, 15) is 0 Å². The van der Waals surface area contributed by atoms with E-state index in [1.165, 1.54) is 0 Å². The van der Waals surface area contributed by atoms with Crippen LogP contribution in [0.2, 0.25) is 0 Å². The molecule has 0 amide bonds. The fraction of sp³-hybridized carbons (Fsp3) is 0. The van der Waals surface area contributed by atoms with Gasteiger partial charge in [0.1, 0.15) is 0 Å². The molecule has 8 nitrogen and oxygen atoms in total. The molecule has 0 aliphatic heterocycles. The Bertz CT molecular complexity index is 154. The van der Waals surface area contributed by atoms with E-state index < -0.39 is 22.7 Å². The molecule has 0 spiro atoms. The zero-order chi connectivity index (χ0) is 9.00. The maximum Gasteiger partial charge on any atom is 2.00 e. The molecule has 0 N–H and O–H groups in total. The minimum Gasteiger partial charge on any atom is 2.00 e. The van der Waals surface area contributed by atoms with Crippen molar-refractivity contribution in [2.45, 2.75) is 0 Å². The normalized spacial score (nSPS) is 9.08. The van der Waals surface area contributed by atoms with Crippen molar-refractivity contribution < 1.29 is 48.7 Å². The van der Waals surface area contributed by atoms with Crippen LogP contribution in [0.3, 0.4) is 0 Å². The van der Waals surface area contributed by atoms with Crippen molar-refractivity contribution in [1.29, 1.82) is 0 Å². The van der Waals surface area contributed by atoms with Gasteiger partial charge in [-0.05, 0) is 0 Å². The Labute approximate surface area is 137 Å². The van der Waals surface area contributed by atoms with Crippen molar-refractivity contribution in [1.82, 2.24) is 0 Å². The second-order valence-electron chi connectivity index (χ2n) is 0.908. The molecule has 0 atom stereocenters. The van der Waals surface area contributed by atoms with E-state index in [2.05, 4.69) is 0 Å². The van der Waals surface area contributed by atoms with Gasteiger partial charge in [-0.15, -0.1) is 0 Å². The molecule has 70 valence electrons. The third kappa shape index (κ3) is 298. The predicted octanol–water partition coefficient (Wildman–Crippen LogP) is -8.90.